The third-order valence-corrected chi connectivity index (χ3v) is 3.06. The van der Waals surface area contributed by atoms with Crippen LogP contribution >= 0.6 is 15.9 Å². The van der Waals surface area contributed by atoms with Crippen molar-refractivity contribution in [1.82, 2.24) is 9.97 Å². The normalized spacial score (nSPS) is 10.3. The number of hydrogen-bond acceptors (Lipinski definition) is 5. The van der Waals surface area contributed by atoms with Gasteiger partial charge in [0.2, 0.25) is 0 Å². The Balaban J connectivity index is 2.10. The van der Waals surface area contributed by atoms with Gasteiger partial charge in [0.1, 0.15) is 16.2 Å². The van der Waals surface area contributed by atoms with Crippen LogP contribution in [0.5, 0.6) is 0 Å². The van der Waals surface area contributed by atoms with Crippen molar-refractivity contribution in [3.05, 3.63) is 56.4 Å². The average molecular weight is 337 g/mol. The first kappa shape index (κ1) is 14.4. The molecule has 0 aliphatic heterocycles. The van der Waals surface area contributed by atoms with E-state index in [2.05, 4.69) is 31.2 Å². The molecule has 0 fully saturated rings. The first-order chi connectivity index (χ1) is 9.58. The summed E-state index contributed by atoms with van der Waals surface area (Å²) in [6.07, 6.45) is 0.741. The first-order valence-corrected chi connectivity index (χ1v) is 6.88. The van der Waals surface area contributed by atoms with Gasteiger partial charge >= 0.3 is 0 Å². The summed E-state index contributed by atoms with van der Waals surface area (Å²) in [4.78, 5) is 18.9. The lowest BCUT2D eigenvalue weighted by Crippen LogP contribution is -2.04. The molecule has 0 aliphatic carbocycles. The van der Waals surface area contributed by atoms with Crippen molar-refractivity contribution in [1.29, 1.82) is 0 Å². The Hall–Kier alpha value is -2.02. The number of non-ortho nitro benzene ring substituents is 1. The molecule has 2 rings (SSSR count). The van der Waals surface area contributed by atoms with Crippen molar-refractivity contribution in [2.24, 2.45) is 0 Å². The van der Waals surface area contributed by atoms with Gasteiger partial charge in [-0.15, -0.1) is 0 Å². The molecule has 0 amide bonds. The van der Waals surface area contributed by atoms with Gasteiger partial charge in [0.25, 0.3) is 5.69 Å². The summed E-state index contributed by atoms with van der Waals surface area (Å²) in [5, 5.41) is 13.9. The molecule has 20 heavy (non-hydrogen) atoms. The summed E-state index contributed by atoms with van der Waals surface area (Å²) >= 11 is 3.33. The number of nitro groups is 1. The van der Waals surface area contributed by atoms with Crippen LogP contribution in [0.2, 0.25) is 0 Å². The van der Waals surface area contributed by atoms with Crippen molar-refractivity contribution < 1.29 is 4.92 Å². The molecular weight excluding hydrogens is 324 g/mol. The zero-order chi connectivity index (χ0) is 14.5. The molecule has 104 valence electrons. The molecular formula is C13H13BrN4O2. The fraction of sp³-hybridized carbons (Fsp3) is 0.231. The Kier molecular flexibility index (Phi) is 4.62. The quantitative estimate of drug-likeness (QED) is 0.514. The van der Waals surface area contributed by atoms with E-state index >= 15 is 0 Å². The number of halogens is 1. The lowest BCUT2D eigenvalue weighted by Gasteiger charge is -2.07. The lowest BCUT2D eigenvalue weighted by atomic mass is 10.2. The molecule has 1 N–H and O–H groups in total. The van der Waals surface area contributed by atoms with E-state index in [9.17, 15) is 10.1 Å². The Labute approximate surface area is 124 Å². The number of anilines is 1. The van der Waals surface area contributed by atoms with Crippen LogP contribution in [-0.4, -0.2) is 14.9 Å². The lowest BCUT2D eigenvalue weighted by molar-refractivity contribution is -0.384. The molecule has 0 saturated heterocycles. The van der Waals surface area contributed by atoms with Crippen LogP contribution in [-0.2, 0) is 13.0 Å². The fourth-order valence-electron chi connectivity index (χ4n) is 1.69. The predicted molar refractivity (Wildman–Crippen MR) is 79.5 cm³/mol. The topological polar surface area (TPSA) is 81.0 Å². The van der Waals surface area contributed by atoms with Crippen LogP contribution in [0.4, 0.5) is 11.5 Å². The van der Waals surface area contributed by atoms with Gasteiger partial charge in [-0.25, -0.2) is 9.97 Å². The fourth-order valence-corrected chi connectivity index (χ4v) is 2.11. The molecule has 0 bridgehead atoms. The minimum atomic E-state index is -0.403. The maximum atomic E-state index is 10.7. The van der Waals surface area contributed by atoms with E-state index in [1.54, 1.807) is 18.2 Å². The molecule has 1 aromatic heterocycles. The minimum absolute atomic E-state index is 0.0856. The molecule has 0 unspecified atom stereocenters. The molecule has 0 spiro atoms. The average Bonchev–Trinajstić information content (AvgIpc) is 2.44. The van der Waals surface area contributed by atoms with E-state index in [0.29, 0.717) is 17.0 Å². The highest BCUT2D eigenvalue weighted by atomic mass is 79.9. The van der Waals surface area contributed by atoms with Crippen LogP contribution in [0.15, 0.2) is 34.9 Å². The van der Waals surface area contributed by atoms with Gasteiger partial charge in [-0.2, -0.15) is 0 Å². The molecule has 1 aromatic carbocycles. The molecule has 0 radical (unpaired) electrons. The van der Waals surface area contributed by atoms with Gasteiger partial charge in [0.15, 0.2) is 0 Å². The Morgan fingerprint density at radius 3 is 2.85 bits per heavy atom. The van der Waals surface area contributed by atoms with Gasteiger partial charge in [-0.05, 0) is 21.5 Å². The zero-order valence-corrected chi connectivity index (χ0v) is 12.4. The van der Waals surface area contributed by atoms with Crippen LogP contribution in [0.3, 0.4) is 0 Å². The van der Waals surface area contributed by atoms with Gasteiger partial charge < -0.3 is 5.32 Å². The number of nitro benzene ring substituents is 1. The Morgan fingerprint density at radius 1 is 1.35 bits per heavy atom. The number of aromatic nitrogens is 2. The molecule has 0 saturated carbocycles. The molecule has 0 aliphatic rings. The maximum Gasteiger partial charge on any atom is 0.269 e. The first-order valence-electron chi connectivity index (χ1n) is 6.09. The van der Waals surface area contributed by atoms with Crippen LogP contribution < -0.4 is 5.32 Å². The molecule has 0 atom stereocenters. The van der Waals surface area contributed by atoms with Crippen molar-refractivity contribution in [2.75, 3.05) is 5.32 Å². The summed E-state index contributed by atoms with van der Waals surface area (Å²) in [7, 11) is 0. The van der Waals surface area contributed by atoms with E-state index in [-0.39, 0.29) is 5.69 Å². The van der Waals surface area contributed by atoms with E-state index in [1.807, 2.05) is 13.0 Å². The number of nitrogens with zero attached hydrogens (tertiary/aromatic N) is 3. The molecule has 6 nitrogen and oxygen atoms in total. The van der Waals surface area contributed by atoms with E-state index in [1.165, 1.54) is 6.07 Å². The highest BCUT2D eigenvalue weighted by Gasteiger charge is 2.06. The Morgan fingerprint density at radius 2 is 2.15 bits per heavy atom. The van der Waals surface area contributed by atoms with E-state index < -0.39 is 4.92 Å². The summed E-state index contributed by atoms with van der Waals surface area (Å²) in [6.45, 7) is 2.44. The molecule has 2 aromatic rings. The van der Waals surface area contributed by atoms with E-state index in [4.69, 9.17) is 0 Å². The second-order valence-corrected chi connectivity index (χ2v) is 4.94. The predicted octanol–water partition coefficient (Wildman–Crippen LogP) is 3.32. The third-order valence-electron chi connectivity index (χ3n) is 2.65. The molecule has 7 heteroatoms. The number of hydrogen-bond donors (Lipinski definition) is 1. The monoisotopic (exact) mass is 336 g/mol. The summed E-state index contributed by atoms with van der Waals surface area (Å²) in [5.74, 6) is 1.43. The smallest absolute Gasteiger partial charge is 0.269 e. The summed E-state index contributed by atoms with van der Waals surface area (Å²) in [5.41, 5.74) is 0.911. The van der Waals surface area contributed by atoms with Gasteiger partial charge in [-0.1, -0.05) is 19.1 Å². The summed E-state index contributed by atoms with van der Waals surface area (Å²) < 4.78 is 0.714. The standard InChI is InChI=1S/C13H13BrN4O2/c1-2-12-16-11(14)7-13(17-12)15-8-9-4-3-5-10(6-9)18(19)20/h3-7H,2,8H2,1H3,(H,15,16,17). The van der Waals surface area contributed by atoms with Crippen molar-refractivity contribution in [3.8, 4) is 0 Å². The van der Waals surface area contributed by atoms with Gasteiger partial charge in [-0.3, -0.25) is 10.1 Å². The highest BCUT2D eigenvalue weighted by Crippen LogP contribution is 2.16. The highest BCUT2D eigenvalue weighted by molar-refractivity contribution is 9.10. The van der Waals surface area contributed by atoms with Crippen molar-refractivity contribution >= 4 is 27.4 Å². The SMILES string of the molecule is CCc1nc(Br)cc(NCc2cccc([N+](=O)[O-])c2)n1. The zero-order valence-electron chi connectivity index (χ0n) is 10.8. The van der Waals surface area contributed by atoms with Gasteiger partial charge in [0.05, 0.1) is 4.92 Å². The largest absolute Gasteiger partial charge is 0.366 e. The number of benzene rings is 1. The Bertz CT molecular complexity index is 634. The van der Waals surface area contributed by atoms with Crippen LogP contribution in [0.25, 0.3) is 0 Å². The third kappa shape index (κ3) is 3.74. The number of aryl methyl sites for hydroxylation is 1. The number of rotatable bonds is 5. The number of nitrogens with one attached hydrogen (secondary N) is 1. The minimum Gasteiger partial charge on any atom is -0.366 e. The second kappa shape index (κ2) is 6.42. The van der Waals surface area contributed by atoms with Crippen LogP contribution in [0.1, 0.15) is 18.3 Å². The van der Waals surface area contributed by atoms with Crippen molar-refractivity contribution in [3.63, 3.8) is 0 Å². The van der Waals surface area contributed by atoms with Crippen molar-refractivity contribution in [2.45, 2.75) is 19.9 Å². The van der Waals surface area contributed by atoms with Crippen LogP contribution in [0, 0.1) is 10.1 Å². The van der Waals surface area contributed by atoms with Gasteiger partial charge in [0, 0.05) is 31.2 Å². The second-order valence-electron chi connectivity index (χ2n) is 4.13. The maximum absolute atomic E-state index is 10.7. The summed E-state index contributed by atoms with van der Waals surface area (Å²) in [6, 6.07) is 8.29. The molecule has 1 heterocycles. The van der Waals surface area contributed by atoms with E-state index in [0.717, 1.165) is 17.8 Å².